The molecule has 0 saturated heterocycles. The Balaban J connectivity index is 2.06. The van der Waals surface area contributed by atoms with Gasteiger partial charge >= 0.3 is 6.09 Å². The largest absolute Gasteiger partial charge is 0.444 e. The maximum absolute atomic E-state index is 12.0. The lowest BCUT2D eigenvalue weighted by atomic mass is 10.0. The maximum Gasteiger partial charge on any atom is 0.410 e. The summed E-state index contributed by atoms with van der Waals surface area (Å²) in [5.74, 6) is 0. The summed E-state index contributed by atoms with van der Waals surface area (Å²) in [5.41, 5.74) is 2.20. The summed E-state index contributed by atoms with van der Waals surface area (Å²) in [5, 5.41) is 9.54. The van der Waals surface area contributed by atoms with Crippen molar-refractivity contribution in [3.05, 3.63) is 34.6 Å². The zero-order valence-electron chi connectivity index (χ0n) is 13.8. The number of pyridine rings is 1. The van der Waals surface area contributed by atoms with Gasteiger partial charge in [0.1, 0.15) is 5.60 Å². The number of amides is 1. The zero-order chi connectivity index (χ0) is 17.0. The molecular weight excluding hydrogens is 316 g/mol. The van der Waals surface area contributed by atoms with E-state index in [2.05, 4.69) is 4.98 Å². The van der Waals surface area contributed by atoms with Crippen molar-refractivity contribution in [2.45, 2.75) is 39.2 Å². The highest BCUT2D eigenvalue weighted by Gasteiger charge is 2.24. The summed E-state index contributed by atoms with van der Waals surface area (Å²) < 4.78 is 5.38. The second kappa shape index (κ2) is 7.32. The molecule has 0 bridgehead atoms. The molecule has 0 spiro atoms. The van der Waals surface area contributed by atoms with Gasteiger partial charge in [0.05, 0.1) is 10.7 Å². The summed E-state index contributed by atoms with van der Waals surface area (Å²) >= 11 is 6.29. The first-order valence-corrected chi connectivity index (χ1v) is 8.10. The molecular formula is C17H23ClN2O3. The smallest absolute Gasteiger partial charge is 0.410 e. The van der Waals surface area contributed by atoms with Gasteiger partial charge in [-0.15, -0.1) is 0 Å². The summed E-state index contributed by atoms with van der Waals surface area (Å²) in [7, 11) is 0. The molecule has 1 aliphatic rings. The van der Waals surface area contributed by atoms with Gasteiger partial charge in [0.15, 0.2) is 0 Å². The molecule has 1 amide bonds. The predicted octanol–water partition coefficient (Wildman–Crippen LogP) is 3.29. The predicted molar refractivity (Wildman–Crippen MR) is 90.4 cm³/mol. The van der Waals surface area contributed by atoms with Crippen molar-refractivity contribution in [1.82, 2.24) is 9.88 Å². The second-order valence-electron chi connectivity index (χ2n) is 6.55. The number of hydrogen-bond acceptors (Lipinski definition) is 4. The van der Waals surface area contributed by atoms with Gasteiger partial charge in [0.2, 0.25) is 0 Å². The topological polar surface area (TPSA) is 62.7 Å². The Morgan fingerprint density at radius 2 is 2.22 bits per heavy atom. The van der Waals surface area contributed by atoms with Gasteiger partial charge < -0.3 is 14.7 Å². The van der Waals surface area contributed by atoms with Crippen LogP contribution in [0.3, 0.4) is 0 Å². The molecule has 126 valence electrons. The molecule has 1 aromatic heterocycles. The minimum atomic E-state index is -0.492. The highest BCUT2D eigenvalue weighted by molar-refractivity contribution is 6.32. The Morgan fingerprint density at radius 3 is 2.74 bits per heavy atom. The lowest BCUT2D eigenvalue weighted by Crippen LogP contribution is -2.39. The van der Waals surface area contributed by atoms with Crippen LogP contribution in [-0.4, -0.2) is 46.4 Å². The third-order valence-electron chi connectivity index (χ3n) is 3.46. The number of ether oxygens (including phenoxy) is 1. The van der Waals surface area contributed by atoms with Crippen molar-refractivity contribution in [2.75, 3.05) is 19.7 Å². The first-order valence-electron chi connectivity index (χ1n) is 7.73. The van der Waals surface area contributed by atoms with Crippen LogP contribution in [0, 0.1) is 0 Å². The van der Waals surface area contributed by atoms with E-state index in [9.17, 15) is 4.79 Å². The Labute approximate surface area is 141 Å². The van der Waals surface area contributed by atoms with E-state index in [1.54, 1.807) is 11.1 Å². The van der Waals surface area contributed by atoms with Crippen molar-refractivity contribution < 1.29 is 14.6 Å². The normalized spacial score (nSPS) is 15.3. The van der Waals surface area contributed by atoms with Crippen molar-refractivity contribution in [3.8, 4) is 0 Å². The average Bonchev–Trinajstić information content (AvgIpc) is 2.46. The van der Waals surface area contributed by atoms with Gasteiger partial charge in [0, 0.05) is 25.9 Å². The van der Waals surface area contributed by atoms with Gasteiger partial charge in [-0.05, 0) is 50.8 Å². The Kier molecular flexibility index (Phi) is 5.65. The van der Waals surface area contributed by atoms with Crippen LogP contribution in [0.1, 0.15) is 38.4 Å². The van der Waals surface area contributed by atoms with E-state index >= 15 is 0 Å². The summed E-state index contributed by atoms with van der Waals surface area (Å²) in [6, 6.07) is 1.83. The summed E-state index contributed by atoms with van der Waals surface area (Å²) in [6.07, 6.45) is 4.63. The Bertz CT molecular complexity index is 608. The highest BCUT2D eigenvalue weighted by Crippen LogP contribution is 2.28. The van der Waals surface area contributed by atoms with E-state index in [-0.39, 0.29) is 12.7 Å². The van der Waals surface area contributed by atoms with Gasteiger partial charge in [-0.2, -0.15) is 0 Å². The van der Waals surface area contributed by atoms with Crippen LogP contribution in [0.4, 0.5) is 4.79 Å². The lowest BCUT2D eigenvalue weighted by molar-refractivity contribution is 0.0270. The van der Waals surface area contributed by atoms with E-state index in [0.717, 1.165) is 16.8 Å². The molecule has 0 atom stereocenters. The van der Waals surface area contributed by atoms with Crippen LogP contribution in [-0.2, 0) is 11.2 Å². The molecule has 6 heteroatoms. The Morgan fingerprint density at radius 1 is 1.48 bits per heavy atom. The summed E-state index contributed by atoms with van der Waals surface area (Å²) in [4.78, 5) is 18.1. The average molecular weight is 339 g/mol. The highest BCUT2D eigenvalue weighted by atomic mass is 35.5. The van der Waals surface area contributed by atoms with Gasteiger partial charge in [-0.3, -0.25) is 4.98 Å². The molecule has 1 N–H and O–H groups in total. The number of carbonyl (C=O) groups excluding carboxylic acids is 1. The quantitative estimate of drug-likeness (QED) is 0.918. The molecule has 0 aromatic carbocycles. The second-order valence-corrected chi connectivity index (χ2v) is 6.96. The SMILES string of the molecule is CC(C)(C)OC(=O)N1CC=C(c2ncc(CCO)cc2Cl)CC1. The molecule has 1 aromatic rings. The number of halogens is 1. The number of aromatic nitrogens is 1. The first-order chi connectivity index (χ1) is 10.8. The van der Waals surface area contributed by atoms with Gasteiger partial charge in [-0.1, -0.05) is 17.7 Å². The molecule has 0 unspecified atom stereocenters. The minimum Gasteiger partial charge on any atom is -0.444 e. The van der Waals surface area contributed by atoms with Crippen molar-refractivity contribution in [3.63, 3.8) is 0 Å². The monoisotopic (exact) mass is 338 g/mol. The summed E-state index contributed by atoms with van der Waals surface area (Å²) in [6.45, 7) is 6.71. The van der Waals surface area contributed by atoms with Crippen molar-refractivity contribution in [1.29, 1.82) is 0 Å². The van der Waals surface area contributed by atoms with Gasteiger partial charge in [-0.25, -0.2) is 4.79 Å². The molecule has 23 heavy (non-hydrogen) atoms. The van der Waals surface area contributed by atoms with E-state index in [4.69, 9.17) is 21.4 Å². The standard InChI is InChI=1S/C17H23ClN2O3/c1-17(2,3)23-16(22)20-7-4-13(5-8-20)15-14(18)10-12(6-9-21)11-19-15/h4,10-11,21H,5-9H2,1-3H3. The third kappa shape index (κ3) is 4.94. The molecule has 2 rings (SSSR count). The fourth-order valence-corrected chi connectivity index (χ4v) is 2.67. The Hall–Kier alpha value is -1.59. The first kappa shape index (κ1) is 17.8. The van der Waals surface area contributed by atoms with Crippen LogP contribution in [0.5, 0.6) is 0 Å². The number of rotatable bonds is 3. The third-order valence-corrected chi connectivity index (χ3v) is 3.75. The van der Waals surface area contributed by atoms with Crippen LogP contribution in [0.25, 0.3) is 5.57 Å². The molecule has 2 heterocycles. The maximum atomic E-state index is 12.0. The molecule has 0 fully saturated rings. The van der Waals surface area contributed by atoms with E-state index in [1.807, 2.05) is 32.9 Å². The lowest BCUT2D eigenvalue weighted by Gasteiger charge is -2.29. The van der Waals surface area contributed by atoms with Crippen molar-refractivity contribution in [2.24, 2.45) is 0 Å². The number of aliphatic hydroxyl groups excluding tert-OH is 1. The molecule has 5 nitrogen and oxygen atoms in total. The zero-order valence-corrected chi connectivity index (χ0v) is 14.6. The van der Waals surface area contributed by atoms with Crippen LogP contribution >= 0.6 is 11.6 Å². The van der Waals surface area contributed by atoms with Crippen LogP contribution in [0.2, 0.25) is 5.02 Å². The number of carbonyl (C=O) groups is 1. The number of hydrogen-bond donors (Lipinski definition) is 1. The number of nitrogens with zero attached hydrogens (tertiary/aromatic N) is 2. The fraction of sp³-hybridized carbons (Fsp3) is 0.529. The van der Waals surface area contributed by atoms with E-state index < -0.39 is 5.60 Å². The van der Waals surface area contributed by atoms with E-state index in [1.165, 1.54) is 0 Å². The fourth-order valence-electron chi connectivity index (χ4n) is 2.36. The molecule has 0 radical (unpaired) electrons. The number of aliphatic hydroxyl groups is 1. The van der Waals surface area contributed by atoms with Crippen LogP contribution in [0.15, 0.2) is 18.3 Å². The molecule has 1 aliphatic heterocycles. The van der Waals surface area contributed by atoms with Gasteiger partial charge in [0.25, 0.3) is 0 Å². The van der Waals surface area contributed by atoms with E-state index in [0.29, 0.717) is 31.0 Å². The van der Waals surface area contributed by atoms with Crippen molar-refractivity contribution >= 4 is 23.3 Å². The van der Waals surface area contributed by atoms with Crippen LogP contribution < -0.4 is 0 Å². The minimum absolute atomic E-state index is 0.0743. The molecule has 0 saturated carbocycles. The molecule has 0 aliphatic carbocycles.